The van der Waals surface area contributed by atoms with E-state index in [1.165, 1.54) is 0 Å². The number of anilines is 2. The molecule has 7 heteroatoms. The molecule has 2 heterocycles. The van der Waals surface area contributed by atoms with Gasteiger partial charge in [0.1, 0.15) is 0 Å². The maximum Gasteiger partial charge on any atom is 0.226 e. The predicted octanol–water partition coefficient (Wildman–Crippen LogP) is 3.94. The number of pyridine rings is 1. The number of benzene rings is 1. The number of aliphatic hydroxyl groups is 1. The Morgan fingerprint density at radius 1 is 1.18 bits per heavy atom. The molecule has 1 fully saturated rings. The molecule has 1 saturated carbocycles. The normalized spacial score (nSPS) is 18.8. The fourth-order valence-electron chi connectivity index (χ4n) is 4.93. The van der Waals surface area contributed by atoms with Gasteiger partial charge in [-0.1, -0.05) is 18.2 Å². The van der Waals surface area contributed by atoms with Gasteiger partial charge in [-0.05, 0) is 43.5 Å². The molecule has 3 N–H and O–H groups in total. The van der Waals surface area contributed by atoms with E-state index in [-0.39, 0.29) is 18.1 Å². The van der Waals surface area contributed by atoms with Crippen LogP contribution in [0.2, 0.25) is 0 Å². The Hall–Kier alpha value is -3.45. The second kappa shape index (κ2) is 8.48. The predicted molar refractivity (Wildman–Crippen MR) is 126 cm³/mol. The number of hydrogen-bond donors (Lipinski definition) is 3. The number of aromatic nitrogens is 2. The van der Waals surface area contributed by atoms with Crippen molar-refractivity contribution in [3.05, 3.63) is 66.1 Å². The van der Waals surface area contributed by atoms with Crippen molar-refractivity contribution < 1.29 is 14.7 Å². The molecule has 0 bridgehead atoms. The molecule has 1 amide bonds. The molecule has 0 radical (unpaired) electrons. The number of carbonyl (C=O) groups excluding carboxylic acids is 2. The van der Waals surface area contributed by atoms with Gasteiger partial charge in [-0.25, -0.2) is 0 Å². The molecule has 3 aromatic rings. The third kappa shape index (κ3) is 4.16. The van der Waals surface area contributed by atoms with Gasteiger partial charge in [-0.3, -0.25) is 14.6 Å². The summed E-state index contributed by atoms with van der Waals surface area (Å²) in [6.45, 7) is 0.317. The number of ketones is 1. The van der Waals surface area contributed by atoms with E-state index in [2.05, 4.69) is 15.3 Å². The number of nitrogens with one attached hydrogen (secondary N) is 2. The van der Waals surface area contributed by atoms with Crippen LogP contribution in [0.4, 0.5) is 11.4 Å². The van der Waals surface area contributed by atoms with E-state index in [9.17, 15) is 14.7 Å². The van der Waals surface area contributed by atoms with Gasteiger partial charge in [0.15, 0.2) is 5.78 Å². The molecule has 1 aromatic carbocycles. The average Bonchev–Trinajstić information content (AvgIpc) is 3.17. The first-order chi connectivity index (χ1) is 15.9. The van der Waals surface area contributed by atoms with Gasteiger partial charge < -0.3 is 20.3 Å². The minimum Gasteiger partial charge on any atom is -0.388 e. The SMILES string of the molecule is CN(CC1(O)CCC1)C(=O)C1CC(=O)c2c([nH]c(-c3ccncc3)c2Nc2ccccc2)C1. The standard InChI is InChI=1S/C26H28N4O3/c1-30(16-26(33)10-5-11-26)25(32)18-14-20-22(21(31)15-18)24(28-19-6-3-2-4-7-19)23(29-20)17-8-12-27-13-9-17/h2-4,6-9,12-13,18,28-29,33H,5,10-11,14-16H2,1H3. The molecule has 33 heavy (non-hydrogen) atoms. The Bertz CT molecular complexity index is 1170. The van der Waals surface area contributed by atoms with Crippen molar-refractivity contribution in [2.24, 2.45) is 5.92 Å². The molecule has 5 rings (SSSR count). The van der Waals surface area contributed by atoms with Crippen molar-refractivity contribution in [3.8, 4) is 11.3 Å². The lowest BCUT2D eigenvalue weighted by atomic mass is 9.79. The number of H-pyrrole nitrogens is 1. The summed E-state index contributed by atoms with van der Waals surface area (Å²) in [5, 5.41) is 13.9. The fourth-order valence-corrected chi connectivity index (χ4v) is 4.93. The highest BCUT2D eigenvalue weighted by Gasteiger charge is 2.40. The number of hydrogen-bond acceptors (Lipinski definition) is 5. The summed E-state index contributed by atoms with van der Waals surface area (Å²) in [6.07, 6.45) is 6.48. The molecule has 0 spiro atoms. The highest BCUT2D eigenvalue weighted by atomic mass is 16.3. The lowest BCUT2D eigenvalue weighted by molar-refractivity contribution is -0.140. The number of aromatic amines is 1. The van der Waals surface area contributed by atoms with Crippen molar-refractivity contribution >= 4 is 23.1 Å². The third-order valence-corrected chi connectivity index (χ3v) is 6.79. The van der Waals surface area contributed by atoms with Crippen molar-refractivity contribution in [2.45, 2.75) is 37.7 Å². The van der Waals surface area contributed by atoms with Crippen LogP contribution < -0.4 is 5.32 Å². The zero-order valence-electron chi connectivity index (χ0n) is 18.7. The third-order valence-electron chi connectivity index (χ3n) is 6.79. The van der Waals surface area contributed by atoms with Crippen LogP contribution in [0.25, 0.3) is 11.3 Å². The van der Waals surface area contributed by atoms with E-state index in [1.807, 2.05) is 42.5 Å². The van der Waals surface area contributed by atoms with E-state index >= 15 is 0 Å². The monoisotopic (exact) mass is 444 g/mol. The zero-order chi connectivity index (χ0) is 23.0. The van der Waals surface area contributed by atoms with E-state index in [1.54, 1.807) is 24.3 Å². The van der Waals surface area contributed by atoms with Crippen molar-refractivity contribution in [3.63, 3.8) is 0 Å². The van der Waals surface area contributed by atoms with Gasteiger partial charge in [-0.2, -0.15) is 0 Å². The number of carbonyl (C=O) groups is 2. The summed E-state index contributed by atoms with van der Waals surface area (Å²) in [5.41, 5.74) is 3.95. The maximum atomic E-state index is 13.3. The van der Waals surface area contributed by atoms with Crippen LogP contribution in [0.3, 0.4) is 0 Å². The van der Waals surface area contributed by atoms with Crippen LogP contribution in [0, 0.1) is 5.92 Å². The Morgan fingerprint density at radius 3 is 2.58 bits per heavy atom. The summed E-state index contributed by atoms with van der Waals surface area (Å²) in [5.74, 6) is -0.584. The van der Waals surface area contributed by atoms with Gasteiger partial charge in [0.05, 0.1) is 28.5 Å². The Morgan fingerprint density at radius 2 is 1.91 bits per heavy atom. The molecule has 1 atom stereocenters. The van der Waals surface area contributed by atoms with Crippen LogP contribution >= 0.6 is 0 Å². The summed E-state index contributed by atoms with van der Waals surface area (Å²) >= 11 is 0. The Balaban J connectivity index is 1.46. The van der Waals surface area contributed by atoms with E-state index < -0.39 is 11.5 Å². The van der Waals surface area contributed by atoms with Gasteiger partial charge >= 0.3 is 0 Å². The van der Waals surface area contributed by atoms with Gasteiger partial charge in [0.2, 0.25) is 5.91 Å². The molecule has 1 unspecified atom stereocenters. The molecular weight excluding hydrogens is 416 g/mol. The minimum atomic E-state index is -0.776. The smallest absolute Gasteiger partial charge is 0.226 e. The van der Waals surface area contributed by atoms with Crippen molar-refractivity contribution in [1.29, 1.82) is 0 Å². The first-order valence-electron chi connectivity index (χ1n) is 11.4. The molecule has 170 valence electrons. The molecular formula is C26H28N4O3. The van der Waals surface area contributed by atoms with Crippen LogP contribution in [0.15, 0.2) is 54.9 Å². The second-order valence-corrected chi connectivity index (χ2v) is 9.26. The second-order valence-electron chi connectivity index (χ2n) is 9.26. The first-order valence-corrected chi connectivity index (χ1v) is 11.4. The number of likely N-dealkylation sites (N-methyl/N-ethyl adjacent to an activating group) is 1. The average molecular weight is 445 g/mol. The van der Waals surface area contributed by atoms with Crippen LogP contribution in [0.5, 0.6) is 0 Å². The maximum absolute atomic E-state index is 13.3. The molecule has 2 aliphatic rings. The Kier molecular flexibility index (Phi) is 5.50. The molecule has 2 aromatic heterocycles. The number of amides is 1. The topological polar surface area (TPSA) is 98.3 Å². The number of Topliss-reactive ketones (excluding diaryl/α,β-unsaturated/α-hetero) is 1. The lowest BCUT2D eigenvalue weighted by Gasteiger charge is -2.40. The largest absolute Gasteiger partial charge is 0.388 e. The molecule has 2 aliphatic carbocycles. The van der Waals surface area contributed by atoms with Gasteiger partial charge in [-0.15, -0.1) is 0 Å². The quantitative estimate of drug-likeness (QED) is 0.535. The summed E-state index contributed by atoms with van der Waals surface area (Å²) in [7, 11) is 1.72. The lowest BCUT2D eigenvalue weighted by Crippen LogP contribution is -2.50. The summed E-state index contributed by atoms with van der Waals surface area (Å²) in [4.78, 5) is 35.6. The highest BCUT2D eigenvalue weighted by Crippen LogP contribution is 2.40. The fraction of sp³-hybridized carbons (Fsp3) is 0.346. The van der Waals surface area contributed by atoms with Crippen LogP contribution in [-0.2, 0) is 11.2 Å². The number of nitrogens with zero attached hydrogens (tertiary/aromatic N) is 2. The minimum absolute atomic E-state index is 0.0552. The van der Waals surface area contributed by atoms with Crippen molar-refractivity contribution in [1.82, 2.24) is 14.9 Å². The molecule has 0 saturated heterocycles. The number of rotatable bonds is 6. The van der Waals surface area contributed by atoms with E-state index in [0.29, 0.717) is 18.5 Å². The van der Waals surface area contributed by atoms with E-state index in [0.717, 1.165) is 47.6 Å². The Labute approximate surface area is 192 Å². The van der Waals surface area contributed by atoms with Crippen LogP contribution in [-0.4, -0.2) is 50.9 Å². The summed E-state index contributed by atoms with van der Waals surface area (Å²) < 4.78 is 0. The van der Waals surface area contributed by atoms with Gasteiger partial charge in [0, 0.05) is 55.8 Å². The number of fused-ring (bicyclic) bond motifs is 1. The molecule has 7 nitrogen and oxygen atoms in total. The van der Waals surface area contributed by atoms with E-state index in [4.69, 9.17) is 0 Å². The summed E-state index contributed by atoms with van der Waals surface area (Å²) in [6, 6.07) is 13.5. The zero-order valence-corrected chi connectivity index (χ0v) is 18.7. The van der Waals surface area contributed by atoms with Gasteiger partial charge in [0.25, 0.3) is 0 Å². The first kappa shape index (κ1) is 21.4. The highest BCUT2D eigenvalue weighted by molar-refractivity contribution is 6.09. The van der Waals surface area contributed by atoms with Crippen LogP contribution in [0.1, 0.15) is 41.7 Å². The van der Waals surface area contributed by atoms with Crippen molar-refractivity contribution in [2.75, 3.05) is 18.9 Å². The molecule has 0 aliphatic heterocycles. The number of para-hydroxylation sites is 1.